The first-order valence-electron chi connectivity index (χ1n) is 16.0. The molecule has 3 heterocycles. The minimum absolute atomic E-state index is 0.0260. The Kier molecular flexibility index (Phi) is 11.5. The molecule has 6 rings (SSSR count). The molecular formula is C35H38N6O6S3. The van der Waals surface area contributed by atoms with Crippen molar-refractivity contribution in [3.63, 3.8) is 0 Å². The number of nitrogens with zero attached hydrogens (tertiary/aromatic N) is 2. The van der Waals surface area contributed by atoms with Crippen molar-refractivity contribution < 1.29 is 27.9 Å². The highest BCUT2D eigenvalue weighted by Gasteiger charge is 2.36. The number of hydrogen-bond acceptors (Lipinski definition) is 11. The molecule has 2 aromatic heterocycles. The van der Waals surface area contributed by atoms with Gasteiger partial charge in [0.2, 0.25) is 15.9 Å². The van der Waals surface area contributed by atoms with Crippen molar-refractivity contribution in [1.82, 2.24) is 30.8 Å². The van der Waals surface area contributed by atoms with E-state index < -0.39 is 46.6 Å². The van der Waals surface area contributed by atoms with Crippen LogP contribution in [-0.4, -0.2) is 74.2 Å². The first-order chi connectivity index (χ1) is 24.3. The van der Waals surface area contributed by atoms with Gasteiger partial charge in [0.05, 0.1) is 46.9 Å². The van der Waals surface area contributed by atoms with Crippen LogP contribution in [0.3, 0.4) is 0 Å². The topological polar surface area (TPSA) is 162 Å². The minimum Gasteiger partial charge on any atom is -0.453 e. The molecule has 1 fully saturated rings. The number of fused-ring (bicyclic) bond motifs is 1. The maximum Gasteiger partial charge on any atom is 0.407 e. The Balaban J connectivity index is 1.25. The standard InChI is InChI=1S/C35H38N6O6S3/c1-47-35(44)40-33(32(24-8-4-2-5-9-24)25-10-6-3-7-11-25)34(43)36-19-26-12-14-31(49-26)29(21-42)41(20-23-17-38-39-18-23)50(45,46)27-13-15-30-28(16-27)37-22-48-30/h2-16,22-23,29,32-33,38-39,42H,17-21H2,1H3,(H,36,43)(H,40,44)/t29-,33+/m1/s1. The van der Waals surface area contributed by atoms with Crippen LogP contribution in [0, 0.1) is 5.92 Å². The van der Waals surface area contributed by atoms with E-state index in [0.717, 1.165) is 20.7 Å². The monoisotopic (exact) mass is 734 g/mol. The SMILES string of the molecule is COC(=O)N[C@H](C(=O)NCc1ccc([C@@H](CO)N(CC2CNNC2)S(=O)(=O)c2ccc3scnc3c2)s1)C(c1ccccc1)c1ccccc1. The number of hydrogen-bond donors (Lipinski definition) is 5. The van der Waals surface area contributed by atoms with Crippen LogP contribution in [0.2, 0.25) is 0 Å². The van der Waals surface area contributed by atoms with Gasteiger partial charge in [0, 0.05) is 41.2 Å². The van der Waals surface area contributed by atoms with E-state index in [-0.39, 0.29) is 23.9 Å². The van der Waals surface area contributed by atoms with Gasteiger partial charge in [0.15, 0.2) is 0 Å². The van der Waals surface area contributed by atoms with Gasteiger partial charge in [0.1, 0.15) is 6.04 Å². The molecule has 1 aliphatic heterocycles. The average molecular weight is 735 g/mol. The smallest absolute Gasteiger partial charge is 0.407 e. The number of amides is 2. The predicted molar refractivity (Wildman–Crippen MR) is 193 cm³/mol. The van der Waals surface area contributed by atoms with Crippen molar-refractivity contribution in [3.05, 3.63) is 117 Å². The van der Waals surface area contributed by atoms with Crippen LogP contribution in [0.15, 0.2) is 101 Å². The van der Waals surface area contributed by atoms with Crippen molar-refractivity contribution in [3.8, 4) is 0 Å². The lowest BCUT2D eigenvalue weighted by molar-refractivity contribution is -0.123. The van der Waals surface area contributed by atoms with Crippen LogP contribution in [0.4, 0.5) is 4.79 Å². The molecule has 0 bridgehead atoms. The van der Waals surface area contributed by atoms with Gasteiger partial charge in [-0.2, -0.15) is 4.31 Å². The Morgan fingerprint density at radius 2 is 1.68 bits per heavy atom. The number of rotatable bonds is 14. The molecule has 262 valence electrons. The van der Waals surface area contributed by atoms with Crippen molar-refractivity contribution in [2.75, 3.05) is 33.4 Å². The first-order valence-corrected chi connectivity index (χ1v) is 19.1. The van der Waals surface area contributed by atoms with Crippen molar-refractivity contribution in [2.45, 2.75) is 29.4 Å². The van der Waals surface area contributed by atoms with Gasteiger partial charge in [0.25, 0.3) is 0 Å². The predicted octanol–water partition coefficient (Wildman–Crippen LogP) is 3.98. The average Bonchev–Trinajstić information content (AvgIpc) is 3.94. The number of methoxy groups -OCH3 is 1. The van der Waals surface area contributed by atoms with E-state index in [1.807, 2.05) is 66.7 Å². The normalized spacial score (nSPS) is 15.0. The van der Waals surface area contributed by atoms with Gasteiger partial charge in [-0.1, -0.05) is 60.7 Å². The van der Waals surface area contributed by atoms with E-state index in [1.165, 1.54) is 34.1 Å². The molecule has 1 saturated heterocycles. The van der Waals surface area contributed by atoms with Crippen LogP contribution in [-0.2, 0) is 26.1 Å². The number of thiophene rings is 1. The Labute approximate surface area is 298 Å². The fraction of sp³-hybridized carbons (Fsp3) is 0.286. The molecule has 5 aromatic rings. The molecule has 15 heteroatoms. The number of carbonyl (C=O) groups is 2. The molecule has 0 spiro atoms. The number of thiazole rings is 1. The highest BCUT2D eigenvalue weighted by atomic mass is 32.2. The van der Waals surface area contributed by atoms with Gasteiger partial charge in [-0.05, 0) is 41.5 Å². The summed E-state index contributed by atoms with van der Waals surface area (Å²) in [6.45, 7) is 0.989. The number of aliphatic hydroxyl groups is 1. The van der Waals surface area contributed by atoms with Crippen LogP contribution in [0.5, 0.6) is 0 Å². The summed E-state index contributed by atoms with van der Waals surface area (Å²) in [5, 5.41) is 16.4. The number of ether oxygens (including phenoxy) is 1. The maximum atomic E-state index is 14.2. The number of carbonyl (C=O) groups excluding carboxylic acids is 2. The van der Waals surface area contributed by atoms with E-state index in [1.54, 1.807) is 29.8 Å². The summed E-state index contributed by atoms with van der Waals surface area (Å²) in [5.74, 6) is -0.970. The summed E-state index contributed by atoms with van der Waals surface area (Å²) in [6.07, 6.45) is -0.742. The van der Waals surface area contributed by atoms with Crippen molar-refractivity contribution >= 4 is 54.9 Å². The molecule has 0 saturated carbocycles. The lowest BCUT2D eigenvalue weighted by Gasteiger charge is -2.31. The summed E-state index contributed by atoms with van der Waals surface area (Å²) in [6, 6.07) is 25.5. The van der Waals surface area contributed by atoms with Gasteiger partial charge in [-0.3, -0.25) is 15.6 Å². The maximum absolute atomic E-state index is 14.2. The minimum atomic E-state index is -4.05. The lowest BCUT2D eigenvalue weighted by Crippen LogP contribution is -2.50. The van der Waals surface area contributed by atoms with E-state index in [0.29, 0.717) is 23.5 Å². The highest BCUT2D eigenvalue weighted by molar-refractivity contribution is 7.89. The largest absolute Gasteiger partial charge is 0.453 e. The highest BCUT2D eigenvalue weighted by Crippen LogP contribution is 2.34. The number of sulfonamides is 1. The molecule has 2 atom stereocenters. The van der Waals surface area contributed by atoms with Gasteiger partial charge >= 0.3 is 6.09 Å². The number of aromatic nitrogens is 1. The molecule has 2 amide bonds. The zero-order chi connectivity index (χ0) is 35.1. The third-order valence-electron chi connectivity index (χ3n) is 8.61. The Morgan fingerprint density at radius 1 is 1.00 bits per heavy atom. The molecule has 0 aliphatic carbocycles. The van der Waals surface area contributed by atoms with Gasteiger partial charge in [-0.25, -0.2) is 18.2 Å². The number of benzene rings is 3. The number of aliphatic hydroxyl groups excluding tert-OH is 1. The lowest BCUT2D eigenvalue weighted by atomic mass is 9.84. The van der Waals surface area contributed by atoms with Gasteiger partial charge in [-0.15, -0.1) is 22.7 Å². The molecular weight excluding hydrogens is 697 g/mol. The molecule has 5 N–H and O–H groups in total. The number of alkyl carbamates (subject to hydrolysis) is 1. The molecule has 0 unspecified atom stereocenters. The third kappa shape index (κ3) is 8.05. The second kappa shape index (κ2) is 16.2. The molecule has 3 aromatic carbocycles. The molecule has 50 heavy (non-hydrogen) atoms. The second-order valence-electron chi connectivity index (χ2n) is 11.8. The Hall–Kier alpha value is -4.22. The van der Waals surface area contributed by atoms with Crippen LogP contribution >= 0.6 is 22.7 Å². The van der Waals surface area contributed by atoms with Gasteiger partial charge < -0.3 is 20.5 Å². The first kappa shape index (κ1) is 35.6. The molecule has 0 radical (unpaired) electrons. The van der Waals surface area contributed by atoms with E-state index in [9.17, 15) is 23.1 Å². The number of nitrogens with one attached hydrogen (secondary N) is 4. The summed E-state index contributed by atoms with van der Waals surface area (Å²) in [7, 11) is -2.81. The fourth-order valence-corrected chi connectivity index (χ4v) is 9.55. The zero-order valence-corrected chi connectivity index (χ0v) is 29.6. The summed E-state index contributed by atoms with van der Waals surface area (Å²) >= 11 is 2.74. The summed E-state index contributed by atoms with van der Waals surface area (Å²) in [5.41, 5.74) is 10.1. The quantitative estimate of drug-likeness (QED) is 0.114. The second-order valence-corrected chi connectivity index (χ2v) is 15.8. The van der Waals surface area contributed by atoms with E-state index in [4.69, 9.17) is 4.74 Å². The fourth-order valence-electron chi connectivity index (χ4n) is 6.08. The van der Waals surface area contributed by atoms with Crippen LogP contribution < -0.4 is 21.5 Å². The Bertz CT molecular complexity index is 1960. The molecule has 12 nitrogen and oxygen atoms in total. The van der Waals surface area contributed by atoms with Crippen LogP contribution in [0.25, 0.3) is 10.2 Å². The summed E-state index contributed by atoms with van der Waals surface area (Å²) in [4.78, 5) is 32.2. The number of hydrazine groups is 1. The summed E-state index contributed by atoms with van der Waals surface area (Å²) < 4.78 is 35.6. The van der Waals surface area contributed by atoms with E-state index in [2.05, 4.69) is 26.5 Å². The van der Waals surface area contributed by atoms with Crippen LogP contribution in [0.1, 0.15) is 32.8 Å². The zero-order valence-electron chi connectivity index (χ0n) is 27.2. The third-order valence-corrected chi connectivity index (χ3v) is 12.5. The van der Waals surface area contributed by atoms with Crippen molar-refractivity contribution in [1.29, 1.82) is 0 Å². The van der Waals surface area contributed by atoms with Crippen molar-refractivity contribution in [2.24, 2.45) is 5.92 Å². The molecule has 1 aliphatic rings. The van der Waals surface area contributed by atoms with E-state index >= 15 is 0 Å². The Morgan fingerprint density at radius 3 is 2.32 bits per heavy atom.